The van der Waals surface area contributed by atoms with Crippen molar-refractivity contribution in [3.05, 3.63) is 29.6 Å². The fourth-order valence-corrected chi connectivity index (χ4v) is 3.88. The van der Waals surface area contributed by atoms with Gasteiger partial charge in [-0.2, -0.15) is 0 Å². The van der Waals surface area contributed by atoms with Gasteiger partial charge in [0.2, 0.25) is 0 Å². The average Bonchev–Trinajstić information content (AvgIpc) is 2.36. The normalized spacial score (nSPS) is 17.8. The lowest BCUT2D eigenvalue weighted by molar-refractivity contribution is 0.0983. The van der Waals surface area contributed by atoms with Crippen molar-refractivity contribution < 1.29 is 17.5 Å². The maximum atomic E-state index is 13.7. The molecular formula is C12H16FNO3S. The molecule has 18 heavy (non-hydrogen) atoms. The minimum atomic E-state index is -3.35. The molecule has 1 aliphatic heterocycles. The molecule has 1 heterocycles. The Bertz CT molecular complexity index is 524. The monoisotopic (exact) mass is 273 g/mol. The SMILES string of the molecule is Nc1cccc(CS(=O)(=O)C2CCOCC2)c1F. The predicted molar refractivity (Wildman–Crippen MR) is 67.3 cm³/mol. The van der Waals surface area contributed by atoms with Gasteiger partial charge in [-0.25, -0.2) is 12.8 Å². The number of halogens is 1. The van der Waals surface area contributed by atoms with Crippen molar-refractivity contribution >= 4 is 15.5 Å². The zero-order chi connectivity index (χ0) is 13.2. The number of ether oxygens (including phenoxy) is 1. The largest absolute Gasteiger partial charge is 0.396 e. The van der Waals surface area contributed by atoms with E-state index in [0.29, 0.717) is 26.1 Å². The van der Waals surface area contributed by atoms with Crippen LogP contribution in [0.15, 0.2) is 18.2 Å². The molecule has 0 aromatic heterocycles. The lowest BCUT2D eigenvalue weighted by Crippen LogP contribution is -2.30. The Morgan fingerprint density at radius 2 is 2.00 bits per heavy atom. The zero-order valence-electron chi connectivity index (χ0n) is 9.93. The van der Waals surface area contributed by atoms with E-state index in [9.17, 15) is 12.8 Å². The van der Waals surface area contributed by atoms with Crippen LogP contribution in [0.1, 0.15) is 18.4 Å². The number of nitrogen functional groups attached to an aromatic ring is 1. The molecule has 6 heteroatoms. The molecular weight excluding hydrogens is 257 g/mol. The van der Waals surface area contributed by atoms with E-state index in [1.54, 1.807) is 6.07 Å². The van der Waals surface area contributed by atoms with Gasteiger partial charge in [0.15, 0.2) is 9.84 Å². The molecule has 1 aliphatic rings. The molecule has 1 aromatic carbocycles. The molecule has 0 amide bonds. The molecule has 2 N–H and O–H groups in total. The fourth-order valence-electron chi connectivity index (χ4n) is 2.08. The molecule has 2 rings (SSSR count). The number of hydrogen-bond acceptors (Lipinski definition) is 4. The van der Waals surface area contributed by atoms with Crippen LogP contribution in [0, 0.1) is 5.82 Å². The Morgan fingerprint density at radius 1 is 1.33 bits per heavy atom. The summed E-state index contributed by atoms with van der Waals surface area (Å²) in [5, 5.41) is -0.438. The summed E-state index contributed by atoms with van der Waals surface area (Å²) in [7, 11) is -3.35. The van der Waals surface area contributed by atoms with Crippen LogP contribution in [0.3, 0.4) is 0 Å². The highest BCUT2D eigenvalue weighted by Gasteiger charge is 2.28. The Kier molecular flexibility index (Phi) is 3.87. The summed E-state index contributed by atoms with van der Waals surface area (Å²) in [4.78, 5) is 0. The summed E-state index contributed by atoms with van der Waals surface area (Å²) < 4.78 is 43.1. The zero-order valence-corrected chi connectivity index (χ0v) is 10.7. The highest BCUT2D eigenvalue weighted by atomic mass is 32.2. The molecule has 0 aliphatic carbocycles. The van der Waals surface area contributed by atoms with E-state index in [1.807, 2.05) is 0 Å². The Balaban J connectivity index is 2.19. The van der Waals surface area contributed by atoms with Gasteiger partial charge in [0.1, 0.15) is 5.82 Å². The number of nitrogens with two attached hydrogens (primary N) is 1. The van der Waals surface area contributed by atoms with Crippen molar-refractivity contribution in [3.8, 4) is 0 Å². The fraction of sp³-hybridized carbons (Fsp3) is 0.500. The molecule has 1 fully saturated rings. The van der Waals surface area contributed by atoms with Gasteiger partial charge in [-0.3, -0.25) is 0 Å². The van der Waals surface area contributed by atoms with Crippen LogP contribution in [0.4, 0.5) is 10.1 Å². The number of sulfone groups is 1. The van der Waals surface area contributed by atoms with E-state index in [4.69, 9.17) is 10.5 Å². The van der Waals surface area contributed by atoms with Crippen LogP contribution in [0.25, 0.3) is 0 Å². The lowest BCUT2D eigenvalue weighted by atomic mass is 10.2. The first-order valence-electron chi connectivity index (χ1n) is 5.83. The Hall–Kier alpha value is -1.14. The molecule has 0 radical (unpaired) electrons. The van der Waals surface area contributed by atoms with Crippen molar-refractivity contribution in [1.29, 1.82) is 0 Å². The quantitative estimate of drug-likeness (QED) is 0.847. The number of rotatable bonds is 3. The average molecular weight is 273 g/mol. The number of anilines is 1. The molecule has 0 atom stereocenters. The van der Waals surface area contributed by atoms with Gasteiger partial charge in [0, 0.05) is 18.8 Å². The molecule has 1 saturated heterocycles. The van der Waals surface area contributed by atoms with Gasteiger partial charge < -0.3 is 10.5 Å². The second-order valence-electron chi connectivity index (χ2n) is 4.44. The smallest absolute Gasteiger partial charge is 0.157 e. The van der Waals surface area contributed by atoms with E-state index in [0.717, 1.165) is 0 Å². The third-order valence-electron chi connectivity index (χ3n) is 3.14. The maximum absolute atomic E-state index is 13.7. The second-order valence-corrected chi connectivity index (χ2v) is 6.72. The summed E-state index contributed by atoms with van der Waals surface area (Å²) in [6.45, 7) is 0.895. The van der Waals surface area contributed by atoms with Gasteiger partial charge in [0.25, 0.3) is 0 Å². The number of benzene rings is 1. The van der Waals surface area contributed by atoms with Crippen LogP contribution in [-0.2, 0) is 20.3 Å². The van der Waals surface area contributed by atoms with Gasteiger partial charge in [-0.1, -0.05) is 12.1 Å². The first-order chi connectivity index (χ1) is 8.50. The third-order valence-corrected chi connectivity index (χ3v) is 5.34. The van der Waals surface area contributed by atoms with Crippen LogP contribution in [-0.4, -0.2) is 26.9 Å². The molecule has 0 unspecified atom stereocenters. The summed E-state index contributed by atoms with van der Waals surface area (Å²) in [6.07, 6.45) is 0.957. The molecule has 1 aromatic rings. The molecule has 0 spiro atoms. The highest BCUT2D eigenvalue weighted by molar-refractivity contribution is 7.91. The van der Waals surface area contributed by atoms with Gasteiger partial charge >= 0.3 is 0 Å². The molecule has 0 bridgehead atoms. The topological polar surface area (TPSA) is 69.4 Å². The molecule has 0 saturated carbocycles. The minimum absolute atomic E-state index is 0.0188. The predicted octanol–water partition coefficient (Wildman–Crippen LogP) is 1.50. The lowest BCUT2D eigenvalue weighted by Gasteiger charge is -2.22. The van der Waals surface area contributed by atoms with E-state index in [1.165, 1.54) is 12.1 Å². The highest BCUT2D eigenvalue weighted by Crippen LogP contribution is 2.23. The Morgan fingerprint density at radius 3 is 2.67 bits per heavy atom. The minimum Gasteiger partial charge on any atom is -0.396 e. The third kappa shape index (κ3) is 2.81. The van der Waals surface area contributed by atoms with E-state index < -0.39 is 20.9 Å². The maximum Gasteiger partial charge on any atom is 0.157 e. The second kappa shape index (κ2) is 5.24. The van der Waals surface area contributed by atoms with Crippen molar-refractivity contribution in [1.82, 2.24) is 0 Å². The van der Waals surface area contributed by atoms with Crippen LogP contribution >= 0.6 is 0 Å². The van der Waals surface area contributed by atoms with Gasteiger partial charge in [-0.05, 0) is 18.9 Å². The van der Waals surface area contributed by atoms with Crippen LogP contribution in [0.5, 0.6) is 0 Å². The number of hydrogen-bond donors (Lipinski definition) is 1. The first-order valence-corrected chi connectivity index (χ1v) is 7.54. The van der Waals surface area contributed by atoms with Gasteiger partial charge in [0.05, 0.1) is 16.7 Å². The summed E-state index contributed by atoms with van der Waals surface area (Å²) >= 11 is 0. The van der Waals surface area contributed by atoms with Crippen molar-refractivity contribution in [2.45, 2.75) is 23.8 Å². The van der Waals surface area contributed by atoms with Crippen LogP contribution in [0.2, 0.25) is 0 Å². The van der Waals surface area contributed by atoms with Crippen molar-refractivity contribution in [2.24, 2.45) is 0 Å². The van der Waals surface area contributed by atoms with E-state index in [-0.39, 0.29) is 17.0 Å². The van der Waals surface area contributed by atoms with Gasteiger partial charge in [-0.15, -0.1) is 0 Å². The molecule has 4 nitrogen and oxygen atoms in total. The summed E-state index contributed by atoms with van der Waals surface area (Å²) in [6, 6.07) is 4.44. The summed E-state index contributed by atoms with van der Waals surface area (Å²) in [5.74, 6) is -0.928. The Labute approximate surface area is 106 Å². The van der Waals surface area contributed by atoms with Crippen molar-refractivity contribution in [3.63, 3.8) is 0 Å². The standard InChI is InChI=1S/C12H16FNO3S/c13-12-9(2-1-3-11(12)14)8-18(15,16)10-4-6-17-7-5-10/h1-3,10H,4-8,14H2. The van der Waals surface area contributed by atoms with Crippen molar-refractivity contribution in [2.75, 3.05) is 18.9 Å². The van der Waals surface area contributed by atoms with E-state index >= 15 is 0 Å². The van der Waals surface area contributed by atoms with E-state index in [2.05, 4.69) is 0 Å². The first kappa shape index (κ1) is 13.3. The molecule has 100 valence electrons. The van der Waals surface area contributed by atoms with Crippen LogP contribution < -0.4 is 5.73 Å². The summed E-state index contributed by atoms with van der Waals surface area (Å²) in [5.41, 5.74) is 5.55.